The third-order valence-electron chi connectivity index (χ3n) is 5.07. The smallest absolute Gasteiger partial charge is 0.316 e. The molecule has 0 radical (unpaired) electrons. The van der Waals surface area contributed by atoms with Gasteiger partial charge in [0, 0.05) is 16.4 Å². The molecule has 0 bridgehead atoms. The van der Waals surface area contributed by atoms with E-state index in [9.17, 15) is 14.7 Å². The fraction of sp³-hybridized carbons (Fsp3) is 0.500. The van der Waals surface area contributed by atoms with Crippen molar-refractivity contribution in [2.75, 3.05) is 0 Å². The second-order valence-electron chi connectivity index (χ2n) is 6.39. The van der Waals surface area contributed by atoms with Crippen LogP contribution in [0.4, 0.5) is 0 Å². The normalized spacial score (nSPS) is 30.2. The largest absolute Gasteiger partial charge is 0.481 e. The number of amides is 1. The van der Waals surface area contributed by atoms with Crippen LogP contribution in [0.3, 0.4) is 0 Å². The number of hydrogen-bond donors (Lipinski definition) is 2. The van der Waals surface area contributed by atoms with E-state index in [0.29, 0.717) is 11.8 Å². The average molecular weight is 350 g/mol. The number of carbonyl (C=O) groups is 2. The molecule has 3 aliphatic rings. The number of nitrogens with one attached hydrogen (secondary N) is 1. The summed E-state index contributed by atoms with van der Waals surface area (Å²) in [6, 6.07) is 6.31. The van der Waals surface area contributed by atoms with E-state index >= 15 is 0 Å². The zero-order chi connectivity index (χ0) is 14.7. The van der Waals surface area contributed by atoms with Gasteiger partial charge in [0.25, 0.3) is 0 Å². The number of halogens is 1. The van der Waals surface area contributed by atoms with Crippen molar-refractivity contribution in [3.05, 3.63) is 33.8 Å². The maximum Gasteiger partial charge on any atom is 0.316 e. The van der Waals surface area contributed by atoms with Crippen LogP contribution in [0.5, 0.6) is 0 Å². The molecule has 3 aliphatic carbocycles. The SMILES string of the molecule is O=C(O)C(C(=O)NC1C2Cc3c(Br)cccc3C21)C1CC1. The lowest BCUT2D eigenvalue weighted by Crippen LogP contribution is -2.39. The lowest BCUT2D eigenvalue weighted by Gasteiger charge is -2.14. The van der Waals surface area contributed by atoms with E-state index in [-0.39, 0.29) is 17.9 Å². The van der Waals surface area contributed by atoms with Gasteiger partial charge in [0.1, 0.15) is 5.92 Å². The van der Waals surface area contributed by atoms with Crippen LogP contribution in [-0.4, -0.2) is 23.0 Å². The van der Waals surface area contributed by atoms with E-state index in [0.717, 1.165) is 23.7 Å². The van der Waals surface area contributed by atoms with Gasteiger partial charge in [-0.05, 0) is 48.3 Å². The molecule has 0 saturated heterocycles. The highest BCUT2D eigenvalue weighted by atomic mass is 79.9. The molecule has 1 aromatic rings. The zero-order valence-corrected chi connectivity index (χ0v) is 13.0. The first kappa shape index (κ1) is 13.3. The van der Waals surface area contributed by atoms with Gasteiger partial charge in [0.05, 0.1) is 0 Å². The Morgan fingerprint density at radius 3 is 2.76 bits per heavy atom. The number of carboxylic acids is 1. The van der Waals surface area contributed by atoms with Crippen molar-refractivity contribution in [1.82, 2.24) is 5.32 Å². The summed E-state index contributed by atoms with van der Waals surface area (Å²) in [7, 11) is 0. The molecule has 0 spiro atoms. The summed E-state index contributed by atoms with van der Waals surface area (Å²) in [4.78, 5) is 23.5. The minimum atomic E-state index is -0.982. The van der Waals surface area contributed by atoms with Gasteiger partial charge in [-0.1, -0.05) is 28.1 Å². The average Bonchev–Trinajstić information content (AvgIpc) is 3.31. The van der Waals surface area contributed by atoms with Crippen molar-refractivity contribution in [3.63, 3.8) is 0 Å². The van der Waals surface area contributed by atoms with Crippen molar-refractivity contribution in [2.45, 2.75) is 31.2 Å². The molecule has 4 atom stereocenters. The molecule has 21 heavy (non-hydrogen) atoms. The van der Waals surface area contributed by atoms with E-state index < -0.39 is 11.9 Å². The molecule has 4 unspecified atom stereocenters. The Kier molecular flexibility index (Phi) is 2.89. The number of rotatable bonds is 4. The summed E-state index contributed by atoms with van der Waals surface area (Å²) >= 11 is 3.57. The second-order valence-corrected chi connectivity index (χ2v) is 7.24. The molecule has 0 heterocycles. The van der Waals surface area contributed by atoms with E-state index in [2.05, 4.69) is 27.3 Å². The molecule has 110 valence electrons. The Morgan fingerprint density at radius 2 is 2.10 bits per heavy atom. The molecule has 2 N–H and O–H groups in total. The summed E-state index contributed by atoms with van der Waals surface area (Å²) in [6.45, 7) is 0. The summed E-state index contributed by atoms with van der Waals surface area (Å²) in [6.07, 6.45) is 2.68. The van der Waals surface area contributed by atoms with Crippen LogP contribution >= 0.6 is 15.9 Å². The number of aliphatic carboxylic acids is 1. The Bertz CT molecular complexity index is 640. The molecule has 2 saturated carbocycles. The van der Waals surface area contributed by atoms with E-state index in [1.54, 1.807) is 0 Å². The molecule has 0 aliphatic heterocycles. The first-order chi connectivity index (χ1) is 10.1. The highest BCUT2D eigenvalue weighted by molar-refractivity contribution is 9.10. The number of carboxylic acid groups (broad SMARTS) is 1. The molecule has 2 fully saturated rings. The van der Waals surface area contributed by atoms with Crippen molar-refractivity contribution < 1.29 is 14.7 Å². The topological polar surface area (TPSA) is 66.4 Å². The number of fused-ring (bicyclic) bond motifs is 3. The van der Waals surface area contributed by atoms with Crippen molar-refractivity contribution in [2.24, 2.45) is 17.8 Å². The van der Waals surface area contributed by atoms with Gasteiger partial charge in [0.2, 0.25) is 5.91 Å². The lowest BCUT2D eigenvalue weighted by atomic mass is 10.0. The molecule has 5 heteroatoms. The predicted octanol–water partition coefficient (Wildman–Crippen LogP) is 2.31. The first-order valence-corrected chi connectivity index (χ1v) is 8.17. The van der Waals surface area contributed by atoms with Gasteiger partial charge in [-0.3, -0.25) is 9.59 Å². The van der Waals surface area contributed by atoms with Crippen LogP contribution in [0.1, 0.15) is 29.9 Å². The molecular weight excluding hydrogens is 334 g/mol. The van der Waals surface area contributed by atoms with Crippen molar-refractivity contribution >= 4 is 27.8 Å². The van der Waals surface area contributed by atoms with Gasteiger partial charge < -0.3 is 10.4 Å². The third kappa shape index (κ3) is 2.09. The van der Waals surface area contributed by atoms with Crippen LogP contribution in [0.15, 0.2) is 22.7 Å². The molecule has 1 amide bonds. The summed E-state index contributed by atoms with van der Waals surface area (Å²) in [5, 5.41) is 12.2. The monoisotopic (exact) mass is 349 g/mol. The second kappa shape index (κ2) is 4.57. The lowest BCUT2D eigenvalue weighted by molar-refractivity contribution is -0.148. The fourth-order valence-corrected chi connectivity index (χ4v) is 4.34. The molecular formula is C16H16BrNO3. The Hall–Kier alpha value is -1.36. The standard InChI is InChI=1S/C16H16BrNO3/c17-11-3-1-2-8-9(11)6-10-13(8)14(10)18-15(19)12(16(20)21)7-4-5-7/h1-3,7,10,12-14H,4-6H2,(H,18,19)(H,20,21). The van der Waals surface area contributed by atoms with Gasteiger partial charge in [0.15, 0.2) is 0 Å². The minimum absolute atomic E-state index is 0.0440. The van der Waals surface area contributed by atoms with Crippen molar-refractivity contribution in [1.29, 1.82) is 0 Å². The van der Waals surface area contributed by atoms with Crippen LogP contribution in [0.25, 0.3) is 0 Å². The number of hydrogen-bond acceptors (Lipinski definition) is 2. The maximum atomic E-state index is 12.2. The maximum absolute atomic E-state index is 12.2. The Balaban J connectivity index is 1.47. The van der Waals surface area contributed by atoms with Crippen LogP contribution in [-0.2, 0) is 16.0 Å². The summed E-state index contributed by atoms with van der Waals surface area (Å²) in [5.41, 5.74) is 2.65. The van der Waals surface area contributed by atoms with Crippen molar-refractivity contribution in [3.8, 4) is 0 Å². The predicted molar refractivity (Wildman–Crippen MR) is 79.9 cm³/mol. The first-order valence-electron chi connectivity index (χ1n) is 7.38. The summed E-state index contributed by atoms with van der Waals surface area (Å²) in [5.74, 6) is -1.27. The molecule has 4 rings (SSSR count). The fourth-order valence-electron chi connectivity index (χ4n) is 3.80. The van der Waals surface area contributed by atoms with Crippen LogP contribution in [0.2, 0.25) is 0 Å². The van der Waals surface area contributed by atoms with Crippen LogP contribution < -0.4 is 5.32 Å². The quantitative estimate of drug-likeness (QED) is 0.819. The highest BCUT2D eigenvalue weighted by Gasteiger charge is 2.57. The molecule has 1 aromatic carbocycles. The highest BCUT2D eigenvalue weighted by Crippen LogP contribution is 2.57. The van der Waals surface area contributed by atoms with E-state index in [4.69, 9.17) is 0 Å². The van der Waals surface area contributed by atoms with Gasteiger partial charge in [-0.25, -0.2) is 0 Å². The van der Waals surface area contributed by atoms with Gasteiger partial charge in [-0.15, -0.1) is 0 Å². The zero-order valence-electron chi connectivity index (χ0n) is 11.4. The van der Waals surface area contributed by atoms with Gasteiger partial charge in [-0.2, -0.15) is 0 Å². The minimum Gasteiger partial charge on any atom is -0.481 e. The number of benzene rings is 1. The van der Waals surface area contributed by atoms with E-state index in [1.165, 1.54) is 11.1 Å². The number of carbonyl (C=O) groups excluding carboxylic acids is 1. The Labute approximate surface area is 131 Å². The van der Waals surface area contributed by atoms with E-state index in [1.807, 2.05) is 12.1 Å². The van der Waals surface area contributed by atoms with Crippen LogP contribution in [0, 0.1) is 17.8 Å². The van der Waals surface area contributed by atoms with Gasteiger partial charge >= 0.3 is 5.97 Å². The molecule has 0 aromatic heterocycles. The third-order valence-corrected chi connectivity index (χ3v) is 5.82. The summed E-state index contributed by atoms with van der Waals surface area (Å²) < 4.78 is 1.14. The molecule has 4 nitrogen and oxygen atoms in total. The Morgan fingerprint density at radius 1 is 1.33 bits per heavy atom.